The normalized spacial score (nSPS) is 10.2. The molecular formula is C13H12FN3O4. The van der Waals surface area contributed by atoms with Gasteiger partial charge in [0, 0.05) is 5.69 Å². The number of H-pyrrole nitrogens is 1. The van der Waals surface area contributed by atoms with E-state index in [-0.39, 0.29) is 0 Å². The number of rotatable bonds is 4. The molecule has 0 saturated carbocycles. The smallest absolute Gasteiger partial charge is 0.328 e. The van der Waals surface area contributed by atoms with Crippen LogP contribution in [0.15, 0.2) is 40.1 Å². The van der Waals surface area contributed by atoms with Crippen molar-refractivity contribution in [1.29, 1.82) is 0 Å². The average Bonchev–Trinajstić information content (AvgIpc) is 2.45. The van der Waals surface area contributed by atoms with Crippen LogP contribution < -0.4 is 21.3 Å². The van der Waals surface area contributed by atoms with Gasteiger partial charge in [-0.15, -0.1) is 0 Å². The van der Waals surface area contributed by atoms with Gasteiger partial charge in [0.05, 0.1) is 13.3 Å². The first-order chi connectivity index (χ1) is 9.99. The Hall–Kier alpha value is -2.90. The summed E-state index contributed by atoms with van der Waals surface area (Å²) in [6.45, 7) is -0.418. The predicted octanol–water partition coefficient (Wildman–Crippen LogP) is 0.323. The van der Waals surface area contributed by atoms with Gasteiger partial charge in [-0.05, 0) is 24.3 Å². The van der Waals surface area contributed by atoms with Gasteiger partial charge in [-0.3, -0.25) is 19.1 Å². The van der Waals surface area contributed by atoms with Gasteiger partial charge in [-0.1, -0.05) is 0 Å². The van der Waals surface area contributed by atoms with Crippen molar-refractivity contribution in [3.63, 3.8) is 0 Å². The van der Waals surface area contributed by atoms with Crippen molar-refractivity contribution >= 4 is 11.6 Å². The molecule has 2 aromatic rings. The maximum atomic E-state index is 13.1. The summed E-state index contributed by atoms with van der Waals surface area (Å²) in [7, 11) is 1.52. The summed E-state index contributed by atoms with van der Waals surface area (Å²) in [4.78, 5) is 35.8. The molecule has 110 valence electrons. The second-order valence-electron chi connectivity index (χ2n) is 4.14. The number of halogens is 1. The Balaban J connectivity index is 2.09. The molecule has 2 N–H and O–H groups in total. The fourth-order valence-corrected chi connectivity index (χ4v) is 1.63. The van der Waals surface area contributed by atoms with Crippen LogP contribution in [0.3, 0.4) is 0 Å². The van der Waals surface area contributed by atoms with E-state index in [4.69, 9.17) is 4.74 Å². The maximum absolute atomic E-state index is 13.1. The number of anilines is 1. The summed E-state index contributed by atoms with van der Waals surface area (Å²) in [6, 6.07) is 6.54. The van der Waals surface area contributed by atoms with Crippen LogP contribution in [0.4, 0.5) is 10.1 Å². The lowest BCUT2D eigenvalue weighted by Crippen LogP contribution is -2.34. The second kappa shape index (κ2) is 6.04. The van der Waals surface area contributed by atoms with E-state index in [1.54, 1.807) is 29.2 Å². The maximum Gasteiger partial charge on any atom is 0.328 e. The van der Waals surface area contributed by atoms with Gasteiger partial charge in [0.1, 0.15) is 12.3 Å². The van der Waals surface area contributed by atoms with Gasteiger partial charge in [-0.2, -0.15) is 4.39 Å². The Labute approximate surface area is 118 Å². The number of ether oxygens (including phenoxy) is 1. The van der Waals surface area contributed by atoms with E-state index < -0.39 is 29.5 Å². The number of carbonyl (C=O) groups is 1. The number of benzene rings is 1. The molecule has 0 fully saturated rings. The lowest BCUT2D eigenvalue weighted by atomic mass is 10.3. The van der Waals surface area contributed by atoms with Crippen molar-refractivity contribution in [3.05, 3.63) is 57.1 Å². The Kier molecular flexibility index (Phi) is 4.17. The molecule has 0 radical (unpaired) electrons. The highest BCUT2D eigenvalue weighted by Crippen LogP contribution is 2.14. The van der Waals surface area contributed by atoms with Crippen LogP contribution in [-0.2, 0) is 11.3 Å². The van der Waals surface area contributed by atoms with Gasteiger partial charge in [0.15, 0.2) is 0 Å². The summed E-state index contributed by atoms with van der Waals surface area (Å²) in [5.74, 6) is -1.03. The van der Waals surface area contributed by atoms with Crippen LogP contribution in [0.2, 0.25) is 0 Å². The summed E-state index contributed by atoms with van der Waals surface area (Å²) >= 11 is 0. The molecule has 0 atom stereocenters. The number of methoxy groups -OCH3 is 1. The molecule has 0 unspecified atom stereocenters. The fraction of sp³-hybridized carbons (Fsp3) is 0.154. The van der Waals surface area contributed by atoms with Gasteiger partial charge in [0.25, 0.3) is 5.56 Å². The summed E-state index contributed by atoms with van der Waals surface area (Å²) in [5, 5.41) is 2.53. The van der Waals surface area contributed by atoms with E-state index in [1.807, 2.05) is 0 Å². The zero-order chi connectivity index (χ0) is 15.4. The predicted molar refractivity (Wildman–Crippen MR) is 72.9 cm³/mol. The molecule has 0 aliphatic rings. The van der Waals surface area contributed by atoms with Crippen molar-refractivity contribution in [2.24, 2.45) is 0 Å². The summed E-state index contributed by atoms with van der Waals surface area (Å²) in [6.07, 6.45) is 0.689. The van der Waals surface area contributed by atoms with Gasteiger partial charge < -0.3 is 10.1 Å². The Bertz CT molecular complexity index is 764. The van der Waals surface area contributed by atoms with E-state index in [1.165, 1.54) is 7.11 Å². The van der Waals surface area contributed by atoms with E-state index in [9.17, 15) is 18.8 Å². The van der Waals surface area contributed by atoms with Crippen molar-refractivity contribution in [2.45, 2.75) is 6.54 Å². The third kappa shape index (κ3) is 3.56. The molecule has 1 aromatic carbocycles. The zero-order valence-corrected chi connectivity index (χ0v) is 11.1. The topological polar surface area (TPSA) is 93.2 Å². The highest BCUT2D eigenvalue weighted by molar-refractivity contribution is 5.90. The Morgan fingerprint density at radius 1 is 1.33 bits per heavy atom. The minimum atomic E-state index is -1.13. The lowest BCUT2D eigenvalue weighted by Gasteiger charge is -2.07. The quantitative estimate of drug-likeness (QED) is 0.849. The van der Waals surface area contributed by atoms with Crippen LogP contribution in [0.1, 0.15) is 0 Å². The first-order valence-corrected chi connectivity index (χ1v) is 5.93. The van der Waals surface area contributed by atoms with Crippen molar-refractivity contribution in [2.75, 3.05) is 12.4 Å². The number of hydrogen-bond acceptors (Lipinski definition) is 4. The summed E-state index contributed by atoms with van der Waals surface area (Å²) in [5.41, 5.74) is -1.48. The number of aromatic nitrogens is 2. The third-order valence-corrected chi connectivity index (χ3v) is 2.66. The van der Waals surface area contributed by atoms with Gasteiger partial charge >= 0.3 is 5.69 Å². The van der Waals surface area contributed by atoms with Gasteiger partial charge in [0.2, 0.25) is 11.7 Å². The molecule has 1 aromatic heterocycles. The van der Waals surface area contributed by atoms with Crippen molar-refractivity contribution in [1.82, 2.24) is 9.55 Å². The standard InChI is InChI=1S/C13H12FN3O4/c1-21-9-4-2-8(3-5-9)15-11(18)7-17-6-10(14)12(19)16-13(17)20/h2-6H,7H2,1H3,(H,15,18)(H,16,19,20). The first kappa shape index (κ1) is 14.5. The number of nitrogens with zero attached hydrogens (tertiary/aromatic N) is 1. The van der Waals surface area contributed by atoms with Crippen molar-refractivity contribution in [3.8, 4) is 5.75 Å². The number of aromatic amines is 1. The molecule has 2 rings (SSSR count). The second-order valence-corrected chi connectivity index (χ2v) is 4.14. The van der Waals surface area contributed by atoms with Crippen LogP contribution >= 0.6 is 0 Å². The molecule has 0 aliphatic carbocycles. The number of nitrogens with one attached hydrogen (secondary N) is 2. The minimum Gasteiger partial charge on any atom is -0.497 e. The SMILES string of the molecule is COc1ccc(NC(=O)Cn2cc(F)c(=O)[nH]c2=O)cc1. The fourth-order valence-electron chi connectivity index (χ4n) is 1.63. The monoisotopic (exact) mass is 293 g/mol. The van der Waals surface area contributed by atoms with E-state index in [0.29, 0.717) is 17.6 Å². The highest BCUT2D eigenvalue weighted by Gasteiger charge is 2.08. The molecule has 7 nitrogen and oxygen atoms in total. The average molecular weight is 293 g/mol. The molecule has 0 saturated heterocycles. The third-order valence-electron chi connectivity index (χ3n) is 2.66. The molecule has 0 bridgehead atoms. The molecule has 21 heavy (non-hydrogen) atoms. The number of hydrogen-bond donors (Lipinski definition) is 2. The van der Waals surface area contributed by atoms with Crippen molar-refractivity contribution < 1.29 is 13.9 Å². The molecule has 0 spiro atoms. The number of amides is 1. The molecule has 1 amide bonds. The zero-order valence-electron chi connectivity index (χ0n) is 11.1. The minimum absolute atomic E-state index is 0.418. The van der Waals surface area contributed by atoms with E-state index in [0.717, 1.165) is 4.57 Å². The van der Waals surface area contributed by atoms with Crippen LogP contribution in [-0.4, -0.2) is 22.6 Å². The van der Waals surface area contributed by atoms with Gasteiger partial charge in [-0.25, -0.2) is 4.79 Å². The summed E-state index contributed by atoms with van der Waals surface area (Å²) < 4.78 is 18.8. The Morgan fingerprint density at radius 2 is 2.00 bits per heavy atom. The van der Waals surface area contributed by atoms with Crippen LogP contribution in [0.5, 0.6) is 5.75 Å². The molecule has 8 heteroatoms. The largest absolute Gasteiger partial charge is 0.497 e. The molecule has 0 aliphatic heterocycles. The Morgan fingerprint density at radius 3 is 2.62 bits per heavy atom. The molecular weight excluding hydrogens is 281 g/mol. The first-order valence-electron chi connectivity index (χ1n) is 5.93. The van der Waals surface area contributed by atoms with E-state index in [2.05, 4.69) is 5.32 Å². The van der Waals surface area contributed by atoms with Crippen LogP contribution in [0.25, 0.3) is 0 Å². The van der Waals surface area contributed by atoms with E-state index >= 15 is 0 Å². The number of carbonyl (C=O) groups excluding carboxylic acids is 1. The highest BCUT2D eigenvalue weighted by atomic mass is 19.1. The van der Waals surface area contributed by atoms with Crippen LogP contribution in [0, 0.1) is 5.82 Å². The molecule has 1 heterocycles. The lowest BCUT2D eigenvalue weighted by molar-refractivity contribution is -0.116.